The number of hydrogen-bond donors (Lipinski definition) is 1. The normalized spacial score (nSPS) is 15.6. The second-order valence-electron chi connectivity index (χ2n) is 4.16. The van der Waals surface area contributed by atoms with Gasteiger partial charge in [0.2, 0.25) is 0 Å². The van der Waals surface area contributed by atoms with Gasteiger partial charge in [-0.2, -0.15) is 0 Å². The minimum atomic E-state index is -0.407. The third kappa shape index (κ3) is 4.30. The summed E-state index contributed by atoms with van der Waals surface area (Å²) >= 11 is 0. The largest absolute Gasteiger partial charge is 0.378 e. The van der Waals surface area contributed by atoms with Gasteiger partial charge in [0.05, 0.1) is 30.2 Å². The van der Waals surface area contributed by atoms with E-state index in [-0.39, 0.29) is 36.2 Å². The van der Waals surface area contributed by atoms with Crippen LogP contribution in [0.4, 0.5) is 5.69 Å². The highest BCUT2D eigenvalue weighted by molar-refractivity contribution is 14.0. The number of ether oxygens (including phenoxy) is 1. The van der Waals surface area contributed by atoms with Gasteiger partial charge in [-0.25, -0.2) is 4.99 Å². The molecule has 1 fully saturated rings. The average molecular weight is 392 g/mol. The summed E-state index contributed by atoms with van der Waals surface area (Å²) in [5.74, 6) is 0.404. The molecule has 2 N–H and O–H groups in total. The molecule has 2 rings (SSSR count). The Bertz CT molecular complexity index is 489. The molecule has 0 amide bonds. The monoisotopic (exact) mass is 392 g/mol. The zero-order valence-corrected chi connectivity index (χ0v) is 13.2. The van der Waals surface area contributed by atoms with Gasteiger partial charge >= 0.3 is 0 Å². The number of morpholine rings is 1. The zero-order valence-electron chi connectivity index (χ0n) is 10.9. The minimum absolute atomic E-state index is 0. The number of nitro groups is 1. The van der Waals surface area contributed by atoms with Gasteiger partial charge in [-0.15, -0.1) is 24.0 Å². The number of rotatable bonds is 3. The molecule has 0 unspecified atom stereocenters. The number of nitrogens with zero attached hydrogens (tertiary/aromatic N) is 3. The molecule has 1 aromatic carbocycles. The number of hydrogen-bond acceptors (Lipinski definition) is 4. The number of nitro benzene ring substituents is 1. The lowest BCUT2D eigenvalue weighted by Gasteiger charge is -2.27. The van der Waals surface area contributed by atoms with Crippen molar-refractivity contribution < 1.29 is 9.66 Å². The van der Waals surface area contributed by atoms with Gasteiger partial charge in [-0.05, 0) is 0 Å². The van der Waals surface area contributed by atoms with E-state index in [1.165, 1.54) is 6.07 Å². The topological polar surface area (TPSA) is 94.0 Å². The standard InChI is InChI=1S/C12H16N4O3.HI/c13-12(15-5-7-19-8-6-15)14-9-10-3-1-2-4-11(10)16(17)18;/h1-4H,5-9H2,(H2,13,14);1H. The van der Waals surface area contributed by atoms with Crippen LogP contribution in [0.2, 0.25) is 0 Å². The second kappa shape index (κ2) is 8.00. The Morgan fingerprint density at radius 2 is 2.05 bits per heavy atom. The lowest BCUT2D eigenvalue weighted by atomic mass is 10.2. The number of para-hydroxylation sites is 1. The summed E-state index contributed by atoms with van der Waals surface area (Å²) < 4.78 is 5.22. The molecule has 1 aromatic rings. The maximum atomic E-state index is 10.9. The van der Waals surface area contributed by atoms with Crippen molar-refractivity contribution in [3.8, 4) is 0 Å². The third-order valence-electron chi connectivity index (χ3n) is 2.93. The van der Waals surface area contributed by atoms with Crippen molar-refractivity contribution in [2.75, 3.05) is 26.3 Å². The van der Waals surface area contributed by atoms with Gasteiger partial charge in [-0.1, -0.05) is 18.2 Å². The molecule has 1 heterocycles. The molecule has 0 atom stereocenters. The fourth-order valence-corrected chi connectivity index (χ4v) is 1.88. The van der Waals surface area contributed by atoms with E-state index in [4.69, 9.17) is 10.5 Å². The van der Waals surface area contributed by atoms with Crippen LogP contribution in [0.3, 0.4) is 0 Å². The molecule has 1 aliphatic rings. The first-order valence-electron chi connectivity index (χ1n) is 6.03. The SMILES string of the molecule is I.NC(=NCc1ccccc1[N+](=O)[O-])N1CCOCC1. The van der Waals surface area contributed by atoms with Gasteiger partial charge < -0.3 is 15.4 Å². The molecular weight excluding hydrogens is 375 g/mol. The molecule has 0 saturated carbocycles. The maximum absolute atomic E-state index is 10.9. The van der Waals surface area contributed by atoms with E-state index in [1.54, 1.807) is 18.2 Å². The predicted octanol–water partition coefficient (Wildman–Crippen LogP) is 1.36. The first-order chi connectivity index (χ1) is 9.18. The Morgan fingerprint density at radius 1 is 1.40 bits per heavy atom. The van der Waals surface area contributed by atoms with Crippen molar-refractivity contribution in [3.63, 3.8) is 0 Å². The fourth-order valence-electron chi connectivity index (χ4n) is 1.88. The Labute approximate surface area is 134 Å². The van der Waals surface area contributed by atoms with Crippen molar-refractivity contribution in [1.29, 1.82) is 0 Å². The second-order valence-corrected chi connectivity index (χ2v) is 4.16. The molecule has 110 valence electrons. The summed E-state index contributed by atoms with van der Waals surface area (Å²) in [6.45, 7) is 2.86. The number of halogens is 1. The van der Waals surface area contributed by atoms with Crippen LogP contribution in [-0.4, -0.2) is 42.1 Å². The summed E-state index contributed by atoms with van der Waals surface area (Å²) in [7, 11) is 0. The molecule has 0 spiro atoms. The molecule has 0 radical (unpaired) electrons. The lowest BCUT2D eigenvalue weighted by molar-refractivity contribution is -0.385. The van der Waals surface area contributed by atoms with E-state index in [9.17, 15) is 10.1 Å². The smallest absolute Gasteiger partial charge is 0.274 e. The van der Waals surface area contributed by atoms with E-state index in [0.717, 1.165) is 0 Å². The maximum Gasteiger partial charge on any atom is 0.274 e. The fraction of sp³-hybridized carbons (Fsp3) is 0.417. The first kappa shape index (κ1) is 16.6. The van der Waals surface area contributed by atoms with Crippen LogP contribution in [0, 0.1) is 10.1 Å². The molecule has 20 heavy (non-hydrogen) atoms. The Morgan fingerprint density at radius 3 is 2.70 bits per heavy atom. The molecule has 0 aromatic heterocycles. The van der Waals surface area contributed by atoms with Gasteiger partial charge in [0, 0.05) is 19.2 Å². The van der Waals surface area contributed by atoms with E-state index in [0.29, 0.717) is 37.8 Å². The van der Waals surface area contributed by atoms with Crippen LogP contribution in [-0.2, 0) is 11.3 Å². The Balaban J connectivity index is 0.00000200. The highest BCUT2D eigenvalue weighted by Gasteiger charge is 2.14. The molecule has 0 aliphatic carbocycles. The highest BCUT2D eigenvalue weighted by atomic mass is 127. The molecular formula is C12H17IN4O3. The van der Waals surface area contributed by atoms with Crippen LogP contribution in [0.25, 0.3) is 0 Å². The first-order valence-corrected chi connectivity index (χ1v) is 6.03. The summed E-state index contributed by atoms with van der Waals surface area (Å²) in [6.07, 6.45) is 0. The Hall–Kier alpha value is -1.42. The van der Waals surface area contributed by atoms with Crippen molar-refractivity contribution >= 4 is 35.6 Å². The van der Waals surface area contributed by atoms with Gasteiger partial charge in [0.15, 0.2) is 5.96 Å². The Kier molecular flexibility index (Phi) is 6.65. The number of aliphatic imine (C=N–C) groups is 1. The molecule has 1 saturated heterocycles. The lowest BCUT2D eigenvalue weighted by Crippen LogP contribution is -2.44. The van der Waals surface area contributed by atoms with Crippen molar-refractivity contribution in [2.45, 2.75) is 6.54 Å². The van der Waals surface area contributed by atoms with Crippen molar-refractivity contribution in [3.05, 3.63) is 39.9 Å². The van der Waals surface area contributed by atoms with Crippen LogP contribution >= 0.6 is 24.0 Å². The minimum Gasteiger partial charge on any atom is -0.378 e. The van der Waals surface area contributed by atoms with E-state index >= 15 is 0 Å². The molecule has 1 aliphatic heterocycles. The summed E-state index contributed by atoms with van der Waals surface area (Å²) in [4.78, 5) is 16.6. The summed E-state index contributed by atoms with van der Waals surface area (Å²) in [5, 5.41) is 10.9. The number of guanidine groups is 1. The number of benzene rings is 1. The van der Waals surface area contributed by atoms with Crippen LogP contribution in [0.5, 0.6) is 0 Å². The summed E-state index contributed by atoms with van der Waals surface area (Å²) in [5.41, 5.74) is 6.50. The number of nitrogens with two attached hydrogens (primary N) is 1. The zero-order chi connectivity index (χ0) is 13.7. The van der Waals surface area contributed by atoms with Gasteiger partial charge in [0.1, 0.15) is 0 Å². The van der Waals surface area contributed by atoms with Crippen LogP contribution < -0.4 is 5.73 Å². The van der Waals surface area contributed by atoms with E-state index in [1.807, 2.05) is 4.90 Å². The molecule has 7 nitrogen and oxygen atoms in total. The van der Waals surface area contributed by atoms with Gasteiger partial charge in [0.25, 0.3) is 5.69 Å². The predicted molar refractivity (Wildman–Crippen MR) is 86.2 cm³/mol. The van der Waals surface area contributed by atoms with E-state index in [2.05, 4.69) is 4.99 Å². The van der Waals surface area contributed by atoms with Crippen molar-refractivity contribution in [1.82, 2.24) is 4.90 Å². The van der Waals surface area contributed by atoms with Crippen LogP contribution in [0.15, 0.2) is 29.3 Å². The van der Waals surface area contributed by atoms with Gasteiger partial charge in [-0.3, -0.25) is 10.1 Å². The summed E-state index contributed by atoms with van der Waals surface area (Å²) in [6, 6.07) is 6.55. The molecule has 0 bridgehead atoms. The third-order valence-corrected chi connectivity index (χ3v) is 2.93. The van der Waals surface area contributed by atoms with E-state index < -0.39 is 4.92 Å². The quantitative estimate of drug-likeness (QED) is 0.276. The van der Waals surface area contributed by atoms with Crippen LogP contribution in [0.1, 0.15) is 5.56 Å². The van der Waals surface area contributed by atoms with Crippen molar-refractivity contribution in [2.24, 2.45) is 10.7 Å². The molecule has 8 heteroatoms. The highest BCUT2D eigenvalue weighted by Crippen LogP contribution is 2.18. The average Bonchev–Trinajstić information content (AvgIpc) is 2.46.